The predicted octanol–water partition coefficient (Wildman–Crippen LogP) is 3.69. The second-order valence-electron chi connectivity index (χ2n) is 8.00. The molecule has 0 spiro atoms. The van der Waals surface area contributed by atoms with E-state index in [0.717, 1.165) is 5.56 Å². The fourth-order valence-electron chi connectivity index (χ4n) is 4.16. The van der Waals surface area contributed by atoms with Crippen LogP contribution < -0.4 is 0 Å². The normalized spacial score (nSPS) is 16.5. The lowest BCUT2D eigenvalue weighted by atomic mass is 10.0. The lowest BCUT2D eigenvalue weighted by molar-refractivity contribution is -0.0214. The summed E-state index contributed by atoms with van der Waals surface area (Å²) >= 11 is 0. The summed E-state index contributed by atoms with van der Waals surface area (Å²) in [4.78, 5) is 17.2. The number of aryl methyl sites for hydroxylation is 1. The second-order valence-corrected chi connectivity index (χ2v) is 8.00. The molecule has 1 aliphatic rings. The maximum atomic E-state index is 15.3. The van der Waals surface area contributed by atoms with Crippen molar-refractivity contribution in [2.45, 2.75) is 19.4 Å². The summed E-state index contributed by atoms with van der Waals surface area (Å²) in [5.41, 5.74) is 2.22. The molecule has 0 bridgehead atoms. The van der Waals surface area contributed by atoms with Crippen molar-refractivity contribution >= 4 is 11.7 Å². The van der Waals surface area contributed by atoms with Gasteiger partial charge < -0.3 is 19.1 Å². The number of carbonyl (C=O) groups is 1. The number of morpholine rings is 1. The molecule has 1 aromatic carbocycles. The van der Waals surface area contributed by atoms with Gasteiger partial charge >= 0.3 is 6.09 Å². The first-order chi connectivity index (χ1) is 15.9. The second kappa shape index (κ2) is 8.28. The van der Waals surface area contributed by atoms with Crippen LogP contribution in [-0.4, -0.2) is 61.1 Å². The van der Waals surface area contributed by atoms with Gasteiger partial charge in [0, 0.05) is 43.7 Å². The summed E-state index contributed by atoms with van der Waals surface area (Å²) in [6.45, 7) is 2.60. The van der Waals surface area contributed by atoms with Crippen LogP contribution in [0, 0.1) is 18.6 Å². The highest BCUT2D eigenvalue weighted by molar-refractivity contribution is 5.69. The van der Waals surface area contributed by atoms with Crippen LogP contribution in [0.1, 0.15) is 11.3 Å². The molecule has 0 aliphatic carbocycles. The van der Waals surface area contributed by atoms with E-state index in [2.05, 4.69) is 10.1 Å². The van der Waals surface area contributed by atoms with E-state index in [9.17, 15) is 9.90 Å². The van der Waals surface area contributed by atoms with E-state index in [0.29, 0.717) is 11.3 Å². The number of amides is 1. The molecule has 3 aromatic heterocycles. The maximum Gasteiger partial charge on any atom is 0.407 e. The Morgan fingerprint density at radius 3 is 2.73 bits per heavy atom. The Balaban J connectivity index is 1.61. The highest BCUT2D eigenvalue weighted by Gasteiger charge is 2.28. The third-order valence-corrected chi connectivity index (χ3v) is 5.74. The van der Waals surface area contributed by atoms with Gasteiger partial charge in [-0.2, -0.15) is 5.10 Å². The molecule has 1 aliphatic heterocycles. The summed E-state index contributed by atoms with van der Waals surface area (Å²) < 4.78 is 39.5. The van der Waals surface area contributed by atoms with E-state index >= 15 is 8.78 Å². The smallest absolute Gasteiger partial charge is 0.407 e. The van der Waals surface area contributed by atoms with Crippen LogP contribution in [0.3, 0.4) is 0 Å². The average Bonchev–Trinajstić information content (AvgIpc) is 3.42. The van der Waals surface area contributed by atoms with Gasteiger partial charge in [-0.3, -0.25) is 0 Å². The van der Waals surface area contributed by atoms with Gasteiger partial charge in [0.05, 0.1) is 41.9 Å². The quantitative estimate of drug-likeness (QED) is 0.510. The van der Waals surface area contributed by atoms with Crippen LogP contribution in [-0.2, 0) is 11.2 Å². The van der Waals surface area contributed by atoms with E-state index < -0.39 is 23.8 Å². The molecule has 1 unspecified atom stereocenters. The van der Waals surface area contributed by atoms with Crippen molar-refractivity contribution in [3.05, 3.63) is 71.8 Å². The number of halogens is 2. The Morgan fingerprint density at radius 1 is 1.24 bits per heavy atom. The number of fused-ring (bicyclic) bond motifs is 1. The van der Waals surface area contributed by atoms with Crippen molar-refractivity contribution in [3.63, 3.8) is 0 Å². The molecule has 0 saturated carbocycles. The molecule has 8 nitrogen and oxygen atoms in total. The lowest BCUT2D eigenvalue weighted by Gasteiger charge is -2.31. The number of nitrogens with zero attached hydrogens (tertiary/aromatic N) is 5. The van der Waals surface area contributed by atoms with E-state index in [1.807, 2.05) is 19.1 Å². The molecule has 170 valence electrons. The van der Waals surface area contributed by atoms with E-state index in [1.165, 1.54) is 27.9 Å². The summed E-state index contributed by atoms with van der Waals surface area (Å²) in [6, 6.07) is 7.80. The van der Waals surface area contributed by atoms with Crippen molar-refractivity contribution in [3.8, 4) is 16.9 Å². The number of hydrogen-bond donors (Lipinski definition) is 1. The molecule has 1 N–H and O–H groups in total. The Hall–Kier alpha value is -3.79. The summed E-state index contributed by atoms with van der Waals surface area (Å²) in [5.74, 6) is -1.53. The third kappa shape index (κ3) is 3.93. The molecule has 4 heterocycles. The van der Waals surface area contributed by atoms with Crippen LogP contribution >= 0.6 is 0 Å². The predicted molar refractivity (Wildman–Crippen MR) is 115 cm³/mol. The van der Waals surface area contributed by atoms with Crippen LogP contribution in [0.4, 0.5) is 13.6 Å². The molecular formula is C23H21F2N5O3. The number of imidazole rings is 1. The number of aromatic nitrogens is 4. The van der Waals surface area contributed by atoms with Crippen molar-refractivity contribution < 1.29 is 23.4 Å². The van der Waals surface area contributed by atoms with Gasteiger partial charge in [0.2, 0.25) is 0 Å². The zero-order chi connectivity index (χ0) is 23.1. The number of rotatable bonds is 4. The molecule has 1 atom stereocenters. The largest absolute Gasteiger partial charge is 0.465 e. The van der Waals surface area contributed by atoms with E-state index in [4.69, 9.17) is 4.74 Å². The molecule has 4 aromatic rings. The van der Waals surface area contributed by atoms with Crippen molar-refractivity contribution in [2.24, 2.45) is 0 Å². The summed E-state index contributed by atoms with van der Waals surface area (Å²) in [7, 11) is 0. The Morgan fingerprint density at radius 2 is 2.03 bits per heavy atom. The van der Waals surface area contributed by atoms with Crippen LogP contribution in [0.5, 0.6) is 0 Å². The van der Waals surface area contributed by atoms with Gasteiger partial charge in [-0.25, -0.2) is 23.2 Å². The maximum absolute atomic E-state index is 15.3. The minimum Gasteiger partial charge on any atom is -0.465 e. The summed E-state index contributed by atoms with van der Waals surface area (Å²) in [5, 5.41) is 13.4. The highest BCUT2D eigenvalue weighted by Crippen LogP contribution is 2.32. The molecule has 1 fully saturated rings. The van der Waals surface area contributed by atoms with E-state index in [-0.39, 0.29) is 43.1 Å². The van der Waals surface area contributed by atoms with Crippen LogP contribution in [0.25, 0.3) is 22.6 Å². The van der Waals surface area contributed by atoms with Gasteiger partial charge in [0.15, 0.2) is 0 Å². The number of pyridine rings is 1. The fourth-order valence-corrected chi connectivity index (χ4v) is 4.16. The van der Waals surface area contributed by atoms with Crippen molar-refractivity contribution in [2.75, 3.05) is 19.7 Å². The van der Waals surface area contributed by atoms with Gasteiger partial charge in [-0.1, -0.05) is 0 Å². The summed E-state index contributed by atoms with van der Waals surface area (Å²) in [6.07, 6.45) is 3.66. The van der Waals surface area contributed by atoms with Crippen LogP contribution in [0.2, 0.25) is 0 Å². The Kier molecular flexibility index (Phi) is 5.29. The van der Waals surface area contributed by atoms with Crippen LogP contribution in [0.15, 0.2) is 48.9 Å². The Bertz CT molecular complexity index is 1310. The van der Waals surface area contributed by atoms with Gasteiger partial charge in [-0.15, -0.1) is 0 Å². The molecule has 1 amide bonds. The topological polar surface area (TPSA) is 84.9 Å². The minimum absolute atomic E-state index is 0.164. The number of benzene rings is 1. The Labute approximate surface area is 187 Å². The molecule has 33 heavy (non-hydrogen) atoms. The monoisotopic (exact) mass is 453 g/mol. The van der Waals surface area contributed by atoms with Gasteiger partial charge in [0.25, 0.3) is 0 Å². The zero-order valence-electron chi connectivity index (χ0n) is 17.8. The minimum atomic E-state index is -1.02. The highest BCUT2D eigenvalue weighted by atomic mass is 19.1. The van der Waals surface area contributed by atoms with E-state index in [1.54, 1.807) is 22.9 Å². The van der Waals surface area contributed by atoms with Crippen molar-refractivity contribution in [1.29, 1.82) is 0 Å². The van der Waals surface area contributed by atoms with Gasteiger partial charge in [-0.05, 0) is 30.7 Å². The van der Waals surface area contributed by atoms with Gasteiger partial charge in [0.1, 0.15) is 17.3 Å². The standard InChI is InChI=1S/C23H21F2N5O3/c1-14-3-6-29-19(12-16-13-28(23(31)32)7-8-33-16)22(27-20(29)9-14)21-17(24)10-15(11-18(21)25)30-5-2-4-26-30/h2-6,9-11,16H,7-8,12-13H2,1H3,(H,31,32). The molecule has 5 rings (SSSR count). The third-order valence-electron chi connectivity index (χ3n) is 5.74. The number of ether oxygens (including phenoxy) is 1. The first kappa shape index (κ1) is 21.1. The SMILES string of the molecule is Cc1ccn2c(CC3CN(C(=O)O)CCO3)c(-c3c(F)cc(-n4cccn4)cc3F)nc2c1. The lowest BCUT2D eigenvalue weighted by Crippen LogP contribution is -2.45. The molecule has 0 radical (unpaired) electrons. The first-order valence-corrected chi connectivity index (χ1v) is 10.5. The van der Waals surface area contributed by atoms with Crippen molar-refractivity contribution in [1.82, 2.24) is 24.1 Å². The number of carboxylic acid groups (broad SMARTS) is 1. The average molecular weight is 453 g/mol. The molecule has 10 heteroatoms. The number of hydrogen-bond acceptors (Lipinski definition) is 4. The molecule has 1 saturated heterocycles. The zero-order valence-corrected chi connectivity index (χ0v) is 17.8. The first-order valence-electron chi connectivity index (χ1n) is 10.5. The fraction of sp³-hybridized carbons (Fsp3) is 0.261. The molecular weight excluding hydrogens is 432 g/mol.